The third-order valence-corrected chi connectivity index (χ3v) is 4.45. The summed E-state index contributed by atoms with van der Waals surface area (Å²) < 4.78 is 5.96. The van der Waals surface area contributed by atoms with Gasteiger partial charge >= 0.3 is 6.03 Å². The first-order valence-electron chi connectivity index (χ1n) is 8.32. The fourth-order valence-electron chi connectivity index (χ4n) is 2.81. The number of benzene rings is 1. The van der Waals surface area contributed by atoms with E-state index in [1.165, 1.54) is 0 Å². The molecule has 0 spiro atoms. The minimum absolute atomic E-state index is 0.101. The van der Waals surface area contributed by atoms with Gasteiger partial charge in [-0.1, -0.05) is 38.5 Å². The first kappa shape index (κ1) is 17.6. The zero-order chi connectivity index (χ0) is 17.0. The third-order valence-electron chi connectivity index (χ3n) is 4.45. The molecule has 1 aliphatic rings. The highest BCUT2D eigenvalue weighted by Gasteiger charge is 2.34. The van der Waals surface area contributed by atoms with E-state index in [-0.39, 0.29) is 30.1 Å². The number of nitrogens with one attached hydrogen (secondary N) is 2. The number of carbonyl (C=O) groups excluding carboxylic acids is 1. The number of urea groups is 1. The second kappa shape index (κ2) is 7.21. The zero-order valence-electron chi connectivity index (χ0n) is 14.4. The van der Waals surface area contributed by atoms with Gasteiger partial charge in [0.2, 0.25) is 0 Å². The molecule has 1 aromatic rings. The Kier molecular flexibility index (Phi) is 5.52. The molecule has 1 heterocycles. The van der Waals surface area contributed by atoms with Crippen molar-refractivity contribution in [3.63, 3.8) is 0 Å². The predicted molar refractivity (Wildman–Crippen MR) is 90.5 cm³/mol. The Labute approximate surface area is 138 Å². The van der Waals surface area contributed by atoms with E-state index in [0.717, 1.165) is 17.7 Å². The summed E-state index contributed by atoms with van der Waals surface area (Å²) in [6.45, 7) is 8.29. The Hall–Kier alpha value is -1.75. The Morgan fingerprint density at radius 1 is 1.43 bits per heavy atom. The van der Waals surface area contributed by atoms with E-state index in [1.54, 1.807) is 0 Å². The van der Waals surface area contributed by atoms with Crippen LogP contribution in [-0.4, -0.2) is 29.4 Å². The lowest BCUT2D eigenvalue weighted by Crippen LogP contribution is -2.46. The highest BCUT2D eigenvalue weighted by atomic mass is 16.5. The number of ether oxygens (including phenoxy) is 1. The van der Waals surface area contributed by atoms with Gasteiger partial charge in [-0.15, -0.1) is 0 Å². The Bertz CT molecular complexity index is 545. The lowest BCUT2D eigenvalue weighted by atomic mass is 9.90. The summed E-state index contributed by atoms with van der Waals surface area (Å²) in [5.74, 6) is 0.978. The van der Waals surface area contributed by atoms with Crippen molar-refractivity contribution < 1.29 is 14.6 Å². The van der Waals surface area contributed by atoms with Crippen molar-refractivity contribution in [1.29, 1.82) is 0 Å². The third kappa shape index (κ3) is 4.61. The lowest BCUT2D eigenvalue weighted by molar-refractivity contribution is 0.0674. The van der Waals surface area contributed by atoms with Crippen LogP contribution < -0.4 is 15.4 Å². The first-order chi connectivity index (χ1) is 10.8. The average molecular weight is 320 g/mol. The number of aliphatic hydroxyl groups is 1. The Balaban J connectivity index is 1.98. The van der Waals surface area contributed by atoms with Crippen LogP contribution in [0.1, 0.15) is 52.1 Å². The molecule has 2 rings (SSSR count). The molecule has 0 saturated carbocycles. The molecular formula is C18H28N2O3. The van der Waals surface area contributed by atoms with E-state index in [1.807, 2.05) is 52.0 Å². The fraction of sp³-hybridized carbons (Fsp3) is 0.611. The Morgan fingerprint density at radius 3 is 2.83 bits per heavy atom. The molecule has 3 unspecified atom stereocenters. The van der Waals surface area contributed by atoms with Crippen molar-refractivity contribution in [3.8, 4) is 5.75 Å². The van der Waals surface area contributed by atoms with Crippen LogP contribution in [0.3, 0.4) is 0 Å². The normalized spacial score (nSPS) is 21.5. The van der Waals surface area contributed by atoms with Crippen molar-refractivity contribution in [3.05, 3.63) is 29.8 Å². The summed E-state index contributed by atoms with van der Waals surface area (Å²) in [4.78, 5) is 12.2. The molecule has 1 aromatic carbocycles. The number of carbonyl (C=O) groups is 1. The number of rotatable bonds is 5. The summed E-state index contributed by atoms with van der Waals surface area (Å²) in [7, 11) is 0. The zero-order valence-corrected chi connectivity index (χ0v) is 14.4. The fourth-order valence-corrected chi connectivity index (χ4v) is 2.81. The van der Waals surface area contributed by atoms with Gasteiger partial charge in [0.25, 0.3) is 0 Å². The molecule has 5 heteroatoms. The molecule has 0 saturated heterocycles. The molecule has 23 heavy (non-hydrogen) atoms. The molecule has 1 aliphatic heterocycles. The molecule has 2 amide bonds. The largest absolute Gasteiger partial charge is 0.487 e. The van der Waals surface area contributed by atoms with Crippen LogP contribution in [0.2, 0.25) is 0 Å². The average Bonchev–Trinajstić information content (AvgIpc) is 2.50. The summed E-state index contributed by atoms with van der Waals surface area (Å²) in [5.41, 5.74) is 0.659. The second-order valence-electron chi connectivity index (χ2n) is 6.96. The van der Waals surface area contributed by atoms with Crippen molar-refractivity contribution >= 4 is 6.03 Å². The van der Waals surface area contributed by atoms with Crippen LogP contribution in [0.25, 0.3) is 0 Å². The maximum Gasteiger partial charge on any atom is 0.315 e. The predicted octanol–water partition coefficient (Wildman–Crippen LogP) is 3.00. The monoisotopic (exact) mass is 320 g/mol. The van der Waals surface area contributed by atoms with E-state index in [0.29, 0.717) is 6.42 Å². The number of para-hydroxylation sites is 1. The van der Waals surface area contributed by atoms with Crippen molar-refractivity contribution in [1.82, 2.24) is 10.6 Å². The van der Waals surface area contributed by atoms with Gasteiger partial charge in [-0.25, -0.2) is 4.79 Å². The van der Waals surface area contributed by atoms with Gasteiger partial charge in [0.1, 0.15) is 11.4 Å². The van der Waals surface area contributed by atoms with Crippen molar-refractivity contribution in [2.24, 2.45) is 5.92 Å². The molecule has 5 nitrogen and oxygen atoms in total. The Morgan fingerprint density at radius 2 is 2.13 bits per heavy atom. The molecule has 0 aliphatic carbocycles. The van der Waals surface area contributed by atoms with Gasteiger partial charge < -0.3 is 20.5 Å². The molecule has 0 fully saturated rings. The van der Waals surface area contributed by atoms with Gasteiger partial charge in [-0.3, -0.25) is 0 Å². The number of hydrogen-bond donors (Lipinski definition) is 3. The van der Waals surface area contributed by atoms with Crippen LogP contribution in [0, 0.1) is 5.92 Å². The minimum atomic E-state index is -0.524. The smallest absolute Gasteiger partial charge is 0.315 e. The quantitative estimate of drug-likeness (QED) is 0.781. The van der Waals surface area contributed by atoms with E-state index in [9.17, 15) is 9.90 Å². The summed E-state index contributed by atoms with van der Waals surface area (Å²) in [5, 5.41) is 15.7. The van der Waals surface area contributed by atoms with Gasteiger partial charge in [0.05, 0.1) is 12.1 Å². The molecule has 3 N–H and O–H groups in total. The molecule has 0 bridgehead atoms. The topological polar surface area (TPSA) is 70.6 Å². The van der Waals surface area contributed by atoms with Gasteiger partial charge in [-0.2, -0.15) is 0 Å². The standard InChI is InChI=1S/C18H28N2O3/c1-5-12(2)15(21)11-19-17(22)20-14-10-18(3,4)23-16-9-7-6-8-13(14)16/h6-9,12,14-15,21H,5,10-11H2,1-4H3,(H2,19,20,22). The van der Waals surface area contributed by atoms with Gasteiger partial charge in [0, 0.05) is 18.5 Å². The lowest BCUT2D eigenvalue weighted by Gasteiger charge is -2.37. The summed E-state index contributed by atoms with van der Waals surface area (Å²) >= 11 is 0. The van der Waals surface area contributed by atoms with Crippen LogP contribution in [0.5, 0.6) is 5.75 Å². The van der Waals surface area contributed by atoms with E-state index < -0.39 is 6.10 Å². The van der Waals surface area contributed by atoms with E-state index in [2.05, 4.69) is 10.6 Å². The maximum atomic E-state index is 12.2. The summed E-state index contributed by atoms with van der Waals surface area (Å²) in [6.07, 6.45) is 1.06. The van der Waals surface area contributed by atoms with E-state index >= 15 is 0 Å². The highest BCUT2D eigenvalue weighted by Crippen LogP contribution is 2.39. The second-order valence-corrected chi connectivity index (χ2v) is 6.96. The molecular weight excluding hydrogens is 292 g/mol. The van der Waals surface area contributed by atoms with Crippen LogP contribution in [-0.2, 0) is 0 Å². The summed E-state index contributed by atoms with van der Waals surface area (Å²) in [6, 6.07) is 7.42. The SMILES string of the molecule is CCC(C)C(O)CNC(=O)NC1CC(C)(C)Oc2ccccc21. The maximum absolute atomic E-state index is 12.2. The van der Waals surface area contributed by atoms with Gasteiger partial charge in [0.15, 0.2) is 0 Å². The highest BCUT2D eigenvalue weighted by molar-refractivity contribution is 5.74. The number of amides is 2. The number of aliphatic hydroxyl groups excluding tert-OH is 1. The van der Waals surface area contributed by atoms with Crippen LogP contribution >= 0.6 is 0 Å². The number of fused-ring (bicyclic) bond motifs is 1. The van der Waals surface area contributed by atoms with Crippen molar-refractivity contribution in [2.75, 3.05) is 6.54 Å². The number of hydrogen-bond acceptors (Lipinski definition) is 3. The minimum Gasteiger partial charge on any atom is -0.487 e. The van der Waals surface area contributed by atoms with Crippen LogP contribution in [0.15, 0.2) is 24.3 Å². The van der Waals surface area contributed by atoms with Gasteiger partial charge in [-0.05, 0) is 25.8 Å². The molecule has 0 radical (unpaired) electrons. The van der Waals surface area contributed by atoms with Crippen molar-refractivity contribution in [2.45, 2.75) is 58.3 Å². The first-order valence-corrected chi connectivity index (χ1v) is 8.32. The molecule has 3 atom stereocenters. The molecule has 128 valence electrons. The molecule has 0 aromatic heterocycles. The van der Waals surface area contributed by atoms with Crippen LogP contribution in [0.4, 0.5) is 4.79 Å². The van der Waals surface area contributed by atoms with E-state index in [4.69, 9.17) is 4.74 Å².